The average Bonchev–Trinajstić information content (AvgIpc) is 2.09. The molecule has 0 aliphatic rings. The first-order valence-corrected chi connectivity index (χ1v) is 6.05. The third kappa shape index (κ3) is 6.91. The van der Waals surface area contributed by atoms with Crippen molar-refractivity contribution < 1.29 is 0 Å². The lowest BCUT2D eigenvalue weighted by atomic mass is 9.85. The predicted octanol–water partition coefficient (Wildman–Crippen LogP) is 2.74. The van der Waals surface area contributed by atoms with Gasteiger partial charge in [-0.3, -0.25) is 0 Å². The van der Waals surface area contributed by atoms with Crippen LogP contribution in [-0.4, -0.2) is 37.6 Å². The molecule has 0 fully saturated rings. The van der Waals surface area contributed by atoms with Crippen molar-refractivity contribution in [2.75, 3.05) is 27.2 Å². The van der Waals surface area contributed by atoms with Gasteiger partial charge in [-0.2, -0.15) is 0 Å². The highest BCUT2D eigenvalue weighted by molar-refractivity contribution is 4.77. The molecule has 15 heavy (non-hydrogen) atoms. The SMILES string of the molecule is CNCCC(C)(C)CCN(C)C(C)(C)C. The first kappa shape index (κ1) is 14.9. The molecule has 0 heterocycles. The molecule has 92 valence electrons. The van der Waals surface area contributed by atoms with E-state index in [1.165, 1.54) is 19.4 Å². The van der Waals surface area contributed by atoms with Crippen LogP contribution in [0.25, 0.3) is 0 Å². The Bertz CT molecular complexity index is 168. The Morgan fingerprint density at radius 3 is 1.93 bits per heavy atom. The van der Waals surface area contributed by atoms with Crippen molar-refractivity contribution in [1.29, 1.82) is 0 Å². The smallest absolute Gasteiger partial charge is 0.0122 e. The number of nitrogens with zero attached hydrogens (tertiary/aromatic N) is 1. The van der Waals surface area contributed by atoms with Crippen LogP contribution >= 0.6 is 0 Å². The van der Waals surface area contributed by atoms with Crippen LogP contribution in [0.2, 0.25) is 0 Å². The Balaban J connectivity index is 3.92. The quantitative estimate of drug-likeness (QED) is 0.731. The highest BCUT2D eigenvalue weighted by atomic mass is 15.1. The van der Waals surface area contributed by atoms with Gasteiger partial charge in [0.05, 0.1) is 0 Å². The molecule has 0 aromatic carbocycles. The van der Waals surface area contributed by atoms with Crippen molar-refractivity contribution in [3.63, 3.8) is 0 Å². The molecule has 0 bridgehead atoms. The van der Waals surface area contributed by atoms with Gasteiger partial charge in [0.25, 0.3) is 0 Å². The fourth-order valence-corrected chi connectivity index (χ4v) is 1.39. The summed E-state index contributed by atoms with van der Waals surface area (Å²) in [5.74, 6) is 0. The molecule has 0 saturated heterocycles. The summed E-state index contributed by atoms with van der Waals surface area (Å²) in [5, 5.41) is 3.23. The summed E-state index contributed by atoms with van der Waals surface area (Å²) in [5.41, 5.74) is 0.738. The fourth-order valence-electron chi connectivity index (χ4n) is 1.39. The second-order valence-corrected chi connectivity index (χ2v) is 6.36. The summed E-state index contributed by atoms with van der Waals surface area (Å²) >= 11 is 0. The molecular weight excluding hydrogens is 184 g/mol. The van der Waals surface area contributed by atoms with E-state index in [4.69, 9.17) is 0 Å². The lowest BCUT2D eigenvalue weighted by molar-refractivity contribution is 0.145. The van der Waals surface area contributed by atoms with E-state index in [1.54, 1.807) is 0 Å². The Kier molecular flexibility index (Phi) is 5.82. The van der Waals surface area contributed by atoms with Gasteiger partial charge < -0.3 is 10.2 Å². The summed E-state index contributed by atoms with van der Waals surface area (Å²) in [6.45, 7) is 13.8. The third-order valence-corrected chi connectivity index (χ3v) is 3.32. The molecule has 0 amide bonds. The van der Waals surface area contributed by atoms with Crippen LogP contribution < -0.4 is 5.32 Å². The minimum Gasteiger partial charge on any atom is -0.320 e. The summed E-state index contributed by atoms with van der Waals surface area (Å²) in [6.07, 6.45) is 2.52. The van der Waals surface area contributed by atoms with Gasteiger partial charge in [0.1, 0.15) is 0 Å². The molecule has 0 aromatic heterocycles. The molecule has 0 spiro atoms. The van der Waals surface area contributed by atoms with Crippen LogP contribution in [0, 0.1) is 5.41 Å². The van der Waals surface area contributed by atoms with Crippen LogP contribution in [0.5, 0.6) is 0 Å². The first-order valence-electron chi connectivity index (χ1n) is 6.05. The monoisotopic (exact) mass is 214 g/mol. The average molecular weight is 214 g/mol. The molecular formula is C13H30N2. The summed E-state index contributed by atoms with van der Waals surface area (Å²) in [4.78, 5) is 2.44. The van der Waals surface area contributed by atoms with E-state index in [1.807, 2.05) is 7.05 Å². The highest BCUT2D eigenvalue weighted by Gasteiger charge is 2.21. The van der Waals surface area contributed by atoms with Crippen LogP contribution in [0.4, 0.5) is 0 Å². The van der Waals surface area contributed by atoms with Gasteiger partial charge in [-0.15, -0.1) is 0 Å². The van der Waals surface area contributed by atoms with Gasteiger partial charge in [-0.05, 0) is 66.2 Å². The summed E-state index contributed by atoms with van der Waals surface area (Å²) in [7, 11) is 4.24. The standard InChI is InChI=1S/C13H30N2/c1-12(2,3)15(7)11-9-13(4,5)8-10-14-6/h14H,8-11H2,1-7H3. The van der Waals surface area contributed by atoms with Crippen LogP contribution in [0.3, 0.4) is 0 Å². The Morgan fingerprint density at radius 2 is 1.53 bits per heavy atom. The van der Waals surface area contributed by atoms with Gasteiger partial charge in [0.2, 0.25) is 0 Å². The third-order valence-electron chi connectivity index (χ3n) is 3.32. The van der Waals surface area contributed by atoms with E-state index in [0.29, 0.717) is 11.0 Å². The van der Waals surface area contributed by atoms with Crippen molar-refractivity contribution in [2.45, 2.75) is 53.0 Å². The normalized spacial score (nSPS) is 13.6. The summed E-state index contributed by atoms with van der Waals surface area (Å²) < 4.78 is 0. The largest absolute Gasteiger partial charge is 0.320 e. The van der Waals surface area contributed by atoms with Crippen molar-refractivity contribution in [2.24, 2.45) is 5.41 Å². The van der Waals surface area contributed by atoms with E-state index >= 15 is 0 Å². The van der Waals surface area contributed by atoms with Gasteiger partial charge in [-0.25, -0.2) is 0 Å². The number of nitrogens with one attached hydrogen (secondary N) is 1. The Hall–Kier alpha value is -0.0800. The number of hydrogen-bond donors (Lipinski definition) is 1. The molecule has 1 N–H and O–H groups in total. The molecule has 0 aliphatic heterocycles. The lowest BCUT2D eigenvalue weighted by Crippen LogP contribution is -2.40. The van der Waals surface area contributed by atoms with Crippen LogP contribution in [0.1, 0.15) is 47.5 Å². The van der Waals surface area contributed by atoms with Gasteiger partial charge >= 0.3 is 0 Å². The Morgan fingerprint density at radius 1 is 1.00 bits per heavy atom. The summed E-state index contributed by atoms with van der Waals surface area (Å²) in [6, 6.07) is 0. The maximum absolute atomic E-state index is 3.23. The minimum absolute atomic E-state index is 0.291. The molecule has 0 radical (unpaired) electrons. The van der Waals surface area contributed by atoms with Crippen molar-refractivity contribution >= 4 is 0 Å². The fraction of sp³-hybridized carbons (Fsp3) is 1.00. The van der Waals surface area contributed by atoms with E-state index in [2.05, 4.69) is 51.9 Å². The number of hydrogen-bond acceptors (Lipinski definition) is 2. The second kappa shape index (κ2) is 5.86. The topological polar surface area (TPSA) is 15.3 Å². The van der Waals surface area contributed by atoms with Gasteiger partial charge in [-0.1, -0.05) is 13.8 Å². The van der Waals surface area contributed by atoms with Crippen molar-refractivity contribution in [3.05, 3.63) is 0 Å². The Labute approximate surface area is 96.4 Å². The van der Waals surface area contributed by atoms with Gasteiger partial charge in [0, 0.05) is 5.54 Å². The zero-order valence-corrected chi connectivity index (χ0v) is 11.8. The molecule has 2 heteroatoms. The van der Waals surface area contributed by atoms with Crippen LogP contribution in [-0.2, 0) is 0 Å². The molecule has 0 rings (SSSR count). The minimum atomic E-state index is 0.291. The highest BCUT2D eigenvalue weighted by Crippen LogP contribution is 2.25. The molecule has 0 atom stereocenters. The zero-order valence-electron chi connectivity index (χ0n) is 11.8. The molecule has 0 aromatic rings. The zero-order chi connectivity index (χ0) is 12.1. The van der Waals surface area contributed by atoms with Gasteiger partial charge in [0.15, 0.2) is 0 Å². The molecule has 0 aliphatic carbocycles. The van der Waals surface area contributed by atoms with Crippen LogP contribution in [0.15, 0.2) is 0 Å². The predicted molar refractivity (Wildman–Crippen MR) is 69.3 cm³/mol. The molecule has 2 nitrogen and oxygen atoms in total. The maximum Gasteiger partial charge on any atom is 0.0122 e. The second-order valence-electron chi connectivity index (χ2n) is 6.36. The molecule has 0 unspecified atom stereocenters. The maximum atomic E-state index is 3.23. The van der Waals surface area contributed by atoms with Crippen molar-refractivity contribution in [3.8, 4) is 0 Å². The van der Waals surface area contributed by atoms with Crippen molar-refractivity contribution in [1.82, 2.24) is 10.2 Å². The van der Waals surface area contributed by atoms with E-state index in [9.17, 15) is 0 Å². The molecule has 0 saturated carbocycles. The number of rotatable bonds is 6. The van der Waals surface area contributed by atoms with E-state index in [0.717, 1.165) is 6.54 Å². The first-order chi connectivity index (χ1) is 6.69. The van der Waals surface area contributed by atoms with E-state index in [-0.39, 0.29) is 0 Å². The lowest BCUT2D eigenvalue weighted by Gasteiger charge is -2.35. The van der Waals surface area contributed by atoms with E-state index < -0.39 is 0 Å².